The van der Waals surface area contributed by atoms with E-state index in [0.29, 0.717) is 16.5 Å². The van der Waals surface area contributed by atoms with Crippen LogP contribution < -0.4 is 11.3 Å². The SMILES string of the molecule is NNC(Cc1ccc(Br)cn1)c1ccc(Cl)cc1Cl. The molecule has 0 amide bonds. The first-order valence-corrected chi connectivity index (χ1v) is 7.16. The summed E-state index contributed by atoms with van der Waals surface area (Å²) in [6.45, 7) is 0. The average Bonchev–Trinajstić information content (AvgIpc) is 2.39. The minimum absolute atomic E-state index is 0.113. The largest absolute Gasteiger partial charge is 0.271 e. The van der Waals surface area contributed by atoms with Gasteiger partial charge in [0.2, 0.25) is 0 Å². The molecule has 0 aliphatic heterocycles. The Bertz CT molecular complexity index is 560. The molecule has 1 aromatic heterocycles. The van der Waals surface area contributed by atoms with Crippen molar-refractivity contribution in [1.82, 2.24) is 10.4 Å². The van der Waals surface area contributed by atoms with Gasteiger partial charge in [-0.1, -0.05) is 29.3 Å². The van der Waals surface area contributed by atoms with Gasteiger partial charge in [-0.25, -0.2) is 0 Å². The molecule has 3 nitrogen and oxygen atoms in total. The third-order valence-corrected chi connectivity index (χ3v) is 3.77. The first-order chi connectivity index (χ1) is 9.10. The van der Waals surface area contributed by atoms with E-state index in [2.05, 4.69) is 26.3 Å². The lowest BCUT2D eigenvalue weighted by atomic mass is 10.0. The zero-order valence-electron chi connectivity index (χ0n) is 9.91. The van der Waals surface area contributed by atoms with Gasteiger partial charge in [-0.05, 0) is 45.8 Å². The molecule has 0 spiro atoms. The molecular formula is C13H12BrCl2N3. The van der Waals surface area contributed by atoms with Gasteiger partial charge < -0.3 is 0 Å². The van der Waals surface area contributed by atoms with E-state index in [9.17, 15) is 0 Å². The van der Waals surface area contributed by atoms with E-state index < -0.39 is 0 Å². The van der Waals surface area contributed by atoms with Crippen LogP contribution in [0.25, 0.3) is 0 Å². The van der Waals surface area contributed by atoms with Crippen molar-refractivity contribution in [2.24, 2.45) is 5.84 Å². The lowest BCUT2D eigenvalue weighted by Gasteiger charge is -2.17. The number of hydrazine groups is 1. The van der Waals surface area contributed by atoms with Crippen molar-refractivity contribution in [1.29, 1.82) is 0 Å². The molecule has 2 aromatic rings. The number of rotatable bonds is 4. The molecule has 100 valence electrons. The van der Waals surface area contributed by atoms with Gasteiger partial charge in [-0.2, -0.15) is 0 Å². The summed E-state index contributed by atoms with van der Waals surface area (Å²) in [5, 5.41) is 1.19. The Labute approximate surface area is 130 Å². The van der Waals surface area contributed by atoms with E-state index >= 15 is 0 Å². The van der Waals surface area contributed by atoms with Gasteiger partial charge in [0.25, 0.3) is 0 Å². The Morgan fingerprint density at radius 2 is 2.05 bits per heavy atom. The van der Waals surface area contributed by atoms with Crippen molar-refractivity contribution in [2.45, 2.75) is 12.5 Å². The van der Waals surface area contributed by atoms with Gasteiger partial charge in [-0.3, -0.25) is 16.3 Å². The molecule has 1 heterocycles. The predicted octanol–water partition coefficient (Wildman–Crippen LogP) is 3.90. The number of benzene rings is 1. The zero-order chi connectivity index (χ0) is 13.8. The molecule has 1 aromatic carbocycles. The van der Waals surface area contributed by atoms with Crippen LogP contribution in [0.5, 0.6) is 0 Å². The number of nitrogens with one attached hydrogen (secondary N) is 1. The van der Waals surface area contributed by atoms with E-state index in [0.717, 1.165) is 15.7 Å². The zero-order valence-corrected chi connectivity index (χ0v) is 13.0. The normalized spacial score (nSPS) is 12.4. The smallest absolute Gasteiger partial charge is 0.0530 e. The summed E-state index contributed by atoms with van der Waals surface area (Å²) in [6.07, 6.45) is 2.40. The Balaban J connectivity index is 2.22. The summed E-state index contributed by atoms with van der Waals surface area (Å²) in [5.74, 6) is 5.61. The Hall–Kier alpha value is -0.650. The predicted molar refractivity (Wildman–Crippen MR) is 82.2 cm³/mol. The fourth-order valence-electron chi connectivity index (χ4n) is 1.78. The topological polar surface area (TPSA) is 50.9 Å². The van der Waals surface area contributed by atoms with Gasteiger partial charge in [0.05, 0.1) is 6.04 Å². The fraction of sp³-hybridized carbons (Fsp3) is 0.154. The van der Waals surface area contributed by atoms with Crippen LogP contribution in [0.3, 0.4) is 0 Å². The summed E-state index contributed by atoms with van der Waals surface area (Å²) < 4.78 is 0.943. The van der Waals surface area contributed by atoms with Crippen LogP contribution in [-0.2, 0) is 6.42 Å². The maximum atomic E-state index is 6.19. The molecule has 0 bridgehead atoms. The minimum atomic E-state index is -0.113. The van der Waals surface area contributed by atoms with Gasteiger partial charge in [0.15, 0.2) is 0 Å². The third-order valence-electron chi connectivity index (χ3n) is 2.74. The van der Waals surface area contributed by atoms with Crippen LogP contribution in [0.1, 0.15) is 17.3 Å². The van der Waals surface area contributed by atoms with Crippen molar-refractivity contribution in [3.63, 3.8) is 0 Å². The number of nitrogens with zero attached hydrogens (tertiary/aromatic N) is 1. The van der Waals surface area contributed by atoms with Crippen LogP contribution >= 0.6 is 39.1 Å². The van der Waals surface area contributed by atoms with Crippen LogP contribution in [0, 0.1) is 0 Å². The maximum absolute atomic E-state index is 6.19. The van der Waals surface area contributed by atoms with Gasteiger partial charge in [-0.15, -0.1) is 0 Å². The van der Waals surface area contributed by atoms with Gasteiger partial charge >= 0.3 is 0 Å². The standard InChI is InChI=1S/C13H12BrCl2N3/c14-8-1-3-10(18-7-8)6-13(19-17)11-4-2-9(15)5-12(11)16/h1-5,7,13,19H,6,17H2. The molecule has 0 aliphatic rings. The summed E-state index contributed by atoms with van der Waals surface area (Å²) in [7, 11) is 0. The molecule has 0 radical (unpaired) electrons. The lowest BCUT2D eigenvalue weighted by Crippen LogP contribution is -2.30. The van der Waals surface area contributed by atoms with E-state index in [1.165, 1.54) is 0 Å². The van der Waals surface area contributed by atoms with Gasteiger partial charge in [0.1, 0.15) is 0 Å². The highest BCUT2D eigenvalue weighted by molar-refractivity contribution is 9.10. The monoisotopic (exact) mass is 359 g/mol. The second kappa shape index (κ2) is 6.68. The summed E-state index contributed by atoms with van der Waals surface area (Å²) in [4.78, 5) is 4.33. The molecule has 0 aliphatic carbocycles. The Kier molecular flexibility index (Phi) is 5.19. The number of hydrogen-bond donors (Lipinski definition) is 2. The van der Waals surface area contributed by atoms with E-state index in [4.69, 9.17) is 29.0 Å². The van der Waals surface area contributed by atoms with E-state index in [1.807, 2.05) is 18.2 Å². The average molecular weight is 361 g/mol. The molecule has 0 saturated heterocycles. The minimum Gasteiger partial charge on any atom is -0.271 e. The number of hydrogen-bond acceptors (Lipinski definition) is 3. The highest BCUT2D eigenvalue weighted by Crippen LogP contribution is 2.27. The molecular weight excluding hydrogens is 349 g/mol. The molecule has 19 heavy (non-hydrogen) atoms. The van der Waals surface area contributed by atoms with Crippen molar-refractivity contribution in [3.05, 3.63) is 62.3 Å². The number of halogens is 3. The highest BCUT2D eigenvalue weighted by Gasteiger charge is 2.15. The first kappa shape index (κ1) is 14.8. The lowest BCUT2D eigenvalue weighted by molar-refractivity contribution is 0.546. The third kappa shape index (κ3) is 3.91. The second-order valence-electron chi connectivity index (χ2n) is 4.06. The van der Waals surface area contributed by atoms with Crippen LogP contribution in [-0.4, -0.2) is 4.98 Å². The molecule has 0 saturated carbocycles. The second-order valence-corrected chi connectivity index (χ2v) is 5.82. The van der Waals surface area contributed by atoms with E-state index in [-0.39, 0.29) is 6.04 Å². The summed E-state index contributed by atoms with van der Waals surface area (Å²) in [5.41, 5.74) is 4.59. The van der Waals surface area contributed by atoms with Crippen molar-refractivity contribution < 1.29 is 0 Å². The number of pyridine rings is 1. The molecule has 6 heteroatoms. The highest BCUT2D eigenvalue weighted by atomic mass is 79.9. The number of nitrogens with two attached hydrogens (primary N) is 1. The Morgan fingerprint density at radius 3 is 2.63 bits per heavy atom. The van der Waals surface area contributed by atoms with Crippen LogP contribution in [0.4, 0.5) is 0 Å². The Morgan fingerprint density at radius 1 is 1.26 bits per heavy atom. The van der Waals surface area contributed by atoms with Gasteiger partial charge in [0, 0.05) is 32.8 Å². The van der Waals surface area contributed by atoms with Crippen LogP contribution in [0.2, 0.25) is 10.0 Å². The number of aromatic nitrogens is 1. The van der Waals surface area contributed by atoms with Crippen molar-refractivity contribution in [2.75, 3.05) is 0 Å². The first-order valence-electron chi connectivity index (χ1n) is 5.61. The van der Waals surface area contributed by atoms with E-state index in [1.54, 1.807) is 18.3 Å². The maximum Gasteiger partial charge on any atom is 0.0530 e. The fourth-order valence-corrected chi connectivity index (χ4v) is 2.55. The summed E-state index contributed by atoms with van der Waals surface area (Å²) >= 11 is 15.4. The molecule has 1 unspecified atom stereocenters. The quantitative estimate of drug-likeness (QED) is 0.642. The van der Waals surface area contributed by atoms with Crippen LogP contribution in [0.15, 0.2) is 41.0 Å². The van der Waals surface area contributed by atoms with Crippen molar-refractivity contribution >= 4 is 39.1 Å². The molecule has 1 atom stereocenters. The molecule has 3 N–H and O–H groups in total. The summed E-state index contributed by atoms with van der Waals surface area (Å²) in [6, 6.07) is 9.14. The molecule has 0 fully saturated rings. The molecule has 2 rings (SSSR count). The van der Waals surface area contributed by atoms with Crippen molar-refractivity contribution in [3.8, 4) is 0 Å².